The standard InChI is InChI=1S/C21H28N2O/c1-3-16-4-6-17(7-5-16)8-11-19-12-15-21(23-22-19)18-9-13-20(24-2)14-10-18/h9-10,12-17H,3-8,11H2,1-2H3. The largest absolute Gasteiger partial charge is 0.497 e. The summed E-state index contributed by atoms with van der Waals surface area (Å²) in [6, 6.07) is 12.2. The van der Waals surface area contributed by atoms with E-state index in [1.165, 1.54) is 38.5 Å². The summed E-state index contributed by atoms with van der Waals surface area (Å²) in [5.74, 6) is 2.72. The molecule has 3 nitrogen and oxygen atoms in total. The van der Waals surface area contributed by atoms with Crippen LogP contribution >= 0.6 is 0 Å². The minimum absolute atomic E-state index is 0.862. The second kappa shape index (κ2) is 8.27. The van der Waals surface area contributed by atoms with Gasteiger partial charge < -0.3 is 4.74 Å². The summed E-state index contributed by atoms with van der Waals surface area (Å²) in [5, 5.41) is 8.83. The van der Waals surface area contributed by atoms with Gasteiger partial charge in [0.1, 0.15) is 5.75 Å². The number of ether oxygens (including phenoxy) is 1. The second-order valence-corrected chi connectivity index (χ2v) is 6.97. The molecule has 128 valence electrons. The Kier molecular flexibility index (Phi) is 5.84. The first-order valence-electron chi connectivity index (χ1n) is 9.25. The molecule has 0 aliphatic heterocycles. The van der Waals surface area contributed by atoms with Crippen molar-refractivity contribution in [2.75, 3.05) is 7.11 Å². The van der Waals surface area contributed by atoms with Gasteiger partial charge in [0, 0.05) is 5.56 Å². The number of hydrogen-bond donors (Lipinski definition) is 0. The van der Waals surface area contributed by atoms with Crippen molar-refractivity contribution < 1.29 is 4.74 Å². The fraction of sp³-hybridized carbons (Fsp3) is 0.524. The highest BCUT2D eigenvalue weighted by atomic mass is 16.5. The minimum atomic E-state index is 0.862. The van der Waals surface area contributed by atoms with Crippen LogP contribution in [0.1, 0.15) is 51.1 Å². The molecule has 1 heterocycles. The molecular formula is C21H28N2O. The van der Waals surface area contributed by atoms with Gasteiger partial charge in [0.15, 0.2) is 0 Å². The van der Waals surface area contributed by atoms with E-state index >= 15 is 0 Å². The molecule has 0 atom stereocenters. The van der Waals surface area contributed by atoms with Crippen molar-refractivity contribution in [2.45, 2.75) is 51.9 Å². The van der Waals surface area contributed by atoms with Gasteiger partial charge in [-0.05, 0) is 61.1 Å². The molecule has 1 aromatic heterocycles. The maximum atomic E-state index is 5.19. The van der Waals surface area contributed by atoms with E-state index in [4.69, 9.17) is 4.74 Å². The van der Waals surface area contributed by atoms with Gasteiger partial charge >= 0.3 is 0 Å². The smallest absolute Gasteiger partial charge is 0.118 e. The molecule has 0 saturated heterocycles. The third-order valence-corrected chi connectivity index (χ3v) is 5.46. The monoisotopic (exact) mass is 324 g/mol. The fourth-order valence-electron chi connectivity index (χ4n) is 3.69. The van der Waals surface area contributed by atoms with Crippen LogP contribution in [0, 0.1) is 11.8 Å². The fourth-order valence-corrected chi connectivity index (χ4v) is 3.69. The number of rotatable bonds is 6. The lowest BCUT2D eigenvalue weighted by Gasteiger charge is -2.27. The van der Waals surface area contributed by atoms with Gasteiger partial charge in [-0.15, -0.1) is 0 Å². The number of hydrogen-bond acceptors (Lipinski definition) is 3. The average Bonchev–Trinajstić information content (AvgIpc) is 2.67. The maximum absolute atomic E-state index is 5.19. The van der Waals surface area contributed by atoms with Crippen LogP contribution in [-0.4, -0.2) is 17.3 Å². The van der Waals surface area contributed by atoms with E-state index in [0.29, 0.717) is 0 Å². The van der Waals surface area contributed by atoms with Crippen molar-refractivity contribution in [3.63, 3.8) is 0 Å². The van der Waals surface area contributed by atoms with Gasteiger partial charge in [0.05, 0.1) is 18.5 Å². The number of aryl methyl sites for hydroxylation is 1. The van der Waals surface area contributed by atoms with Gasteiger partial charge in [0.25, 0.3) is 0 Å². The van der Waals surface area contributed by atoms with Crippen LogP contribution in [-0.2, 0) is 6.42 Å². The zero-order chi connectivity index (χ0) is 16.8. The van der Waals surface area contributed by atoms with E-state index in [-0.39, 0.29) is 0 Å². The molecule has 1 saturated carbocycles. The van der Waals surface area contributed by atoms with E-state index in [2.05, 4.69) is 29.3 Å². The molecule has 0 unspecified atom stereocenters. The average molecular weight is 324 g/mol. The third-order valence-electron chi connectivity index (χ3n) is 5.46. The van der Waals surface area contributed by atoms with Gasteiger partial charge in [-0.25, -0.2) is 0 Å². The van der Waals surface area contributed by atoms with E-state index in [9.17, 15) is 0 Å². The first-order chi connectivity index (χ1) is 11.8. The highest BCUT2D eigenvalue weighted by molar-refractivity contribution is 5.59. The molecular weight excluding hydrogens is 296 g/mol. The zero-order valence-electron chi connectivity index (χ0n) is 14.9. The lowest BCUT2D eigenvalue weighted by atomic mass is 9.79. The van der Waals surface area contributed by atoms with Crippen molar-refractivity contribution in [2.24, 2.45) is 11.8 Å². The van der Waals surface area contributed by atoms with Crippen molar-refractivity contribution in [1.29, 1.82) is 0 Å². The number of aromatic nitrogens is 2. The third kappa shape index (κ3) is 4.34. The Morgan fingerprint density at radius 2 is 1.62 bits per heavy atom. The highest BCUT2D eigenvalue weighted by Gasteiger charge is 2.19. The lowest BCUT2D eigenvalue weighted by Crippen LogP contribution is -2.14. The van der Waals surface area contributed by atoms with Crippen LogP contribution in [0.4, 0.5) is 0 Å². The second-order valence-electron chi connectivity index (χ2n) is 6.97. The predicted molar refractivity (Wildman–Crippen MR) is 98.1 cm³/mol. The number of nitrogens with zero attached hydrogens (tertiary/aromatic N) is 2. The van der Waals surface area contributed by atoms with Gasteiger partial charge in [-0.2, -0.15) is 10.2 Å². The Hall–Kier alpha value is -1.90. The lowest BCUT2D eigenvalue weighted by molar-refractivity contribution is 0.258. The van der Waals surface area contributed by atoms with Crippen LogP contribution in [0.3, 0.4) is 0 Å². The van der Waals surface area contributed by atoms with Crippen molar-refractivity contribution in [1.82, 2.24) is 10.2 Å². The molecule has 0 amide bonds. The Labute approximate surface area is 145 Å². The predicted octanol–water partition coefficient (Wildman–Crippen LogP) is 5.30. The molecule has 0 bridgehead atoms. The van der Waals surface area contributed by atoms with Crippen LogP contribution in [0.2, 0.25) is 0 Å². The van der Waals surface area contributed by atoms with E-state index in [1.54, 1.807) is 7.11 Å². The summed E-state index contributed by atoms with van der Waals surface area (Å²) < 4.78 is 5.19. The Bertz CT molecular complexity index is 613. The normalized spacial score (nSPS) is 20.8. The SMILES string of the molecule is CCC1CCC(CCc2ccc(-c3ccc(OC)cc3)nn2)CC1. The highest BCUT2D eigenvalue weighted by Crippen LogP contribution is 2.33. The van der Waals surface area contributed by atoms with Crippen LogP contribution < -0.4 is 4.74 Å². The Morgan fingerprint density at radius 1 is 0.917 bits per heavy atom. The van der Waals surface area contributed by atoms with Crippen molar-refractivity contribution in [3.8, 4) is 17.0 Å². The summed E-state index contributed by atoms with van der Waals surface area (Å²) in [6.07, 6.45) is 9.30. The molecule has 24 heavy (non-hydrogen) atoms. The van der Waals surface area contributed by atoms with Gasteiger partial charge in [-0.3, -0.25) is 0 Å². The first kappa shape index (κ1) is 16.9. The Balaban J connectivity index is 1.53. The first-order valence-corrected chi connectivity index (χ1v) is 9.25. The molecule has 2 aromatic rings. The molecule has 1 aliphatic rings. The van der Waals surface area contributed by atoms with E-state index < -0.39 is 0 Å². The molecule has 3 heteroatoms. The molecule has 1 aliphatic carbocycles. The summed E-state index contributed by atoms with van der Waals surface area (Å²) in [7, 11) is 1.68. The maximum Gasteiger partial charge on any atom is 0.118 e. The van der Waals surface area contributed by atoms with Crippen molar-refractivity contribution in [3.05, 3.63) is 42.1 Å². The summed E-state index contributed by atoms with van der Waals surface area (Å²) in [5.41, 5.74) is 3.11. The van der Waals surface area contributed by atoms with E-state index in [1.807, 2.05) is 24.3 Å². The molecule has 3 rings (SSSR count). The minimum Gasteiger partial charge on any atom is -0.497 e. The van der Waals surface area contributed by atoms with Crippen LogP contribution in [0.15, 0.2) is 36.4 Å². The zero-order valence-corrected chi connectivity index (χ0v) is 14.9. The van der Waals surface area contributed by atoms with Gasteiger partial charge in [0.2, 0.25) is 0 Å². The topological polar surface area (TPSA) is 35.0 Å². The van der Waals surface area contributed by atoms with Gasteiger partial charge in [-0.1, -0.05) is 39.0 Å². The number of benzene rings is 1. The van der Waals surface area contributed by atoms with Crippen molar-refractivity contribution >= 4 is 0 Å². The molecule has 0 N–H and O–H groups in total. The molecule has 0 spiro atoms. The summed E-state index contributed by atoms with van der Waals surface area (Å²) >= 11 is 0. The Morgan fingerprint density at radius 3 is 2.21 bits per heavy atom. The van der Waals surface area contributed by atoms with Crippen LogP contribution in [0.5, 0.6) is 5.75 Å². The summed E-state index contributed by atoms with van der Waals surface area (Å²) in [6.45, 7) is 2.32. The van der Waals surface area contributed by atoms with E-state index in [0.717, 1.165) is 41.0 Å². The number of methoxy groups -OCH3 is 1. The van der Waals surface area contributed by atoms with Crippen LogP contribution in [0.25, 0.3) is 11.3 Å². The molecule has 1 aromatic carbocycles. The molecule has 1 fully saturated rings. The summed E-state index contributed by atoms with van der Waals surface area (Å²) in [4.78, 5) is 0. The molecule has 0 radical (unpaired) electrons. The quantitative estimate of drug-likeness (QED) is 0.723.